The zero-order valence-electron chi connectivity index (χ0n) is 19.4. The van der Waals surface area contributed by atoms with E-state index in [9.17, 15) is 4.79 Å². The fraction of sp³-hybridized carbons (Fsp3) is 0.143. The van der Waals surface area contributed by atoms with Crippen LogP contribution in [0.5, 0.6) is 5.75 Å². The molecule has 0 aliphatic rings. The van der Waals surface area contributed by atoms with Gasteiger partial charge in [-0.05, 0) is 66.6 Å². The molecule has 0 spiro atoms. The summed E-state index contributed by atoms with van der Waals surface area (Å²) in [7, 11) is 0. The Kier molecular flexibility index (Phi) is 6.29. The first kappa shape index (κ1) is 22.7. The number of aryl methyl sites for hydroxylation is 1. The van der Waals surface area contributed by atoms with Crippen LogP contribution in [-0.4, -0.2) is 15.7 Å². The maximum Gasteiger partial charge on any atom is 0.291 e. The van der Waals surface area contributed by atoms with Crippen molar-refractivity contribution in [3.8, 4) is 5.75 Å². The van der Waals surface area contributed by atoms with Crippen LogP contribution in [0.2, 0.25) is 5.02 Å². The minimum absolute atomic E-state index is 0.212. The molecule has 0 bridgehead atoms. The Balaban J connectivity index is 1.24. The molecule has 0 radical (unpaired) electrons. The predicted molar refractivity (Wildman–Crippen MR) is 137 cm³/mol. The van der Waals surface area contributed by atoms with Crippen LogP contribution in [0.3, 0.4) is 0 Å². The Bertz CT molecular complexity index is 1520. The normalized spacial score (nSPS) is 11.1. The largest absolute Gasteiger partial charge is 0.486 e. The van der Waals surface area contributed by atoms with Crippen LogP contribution in [-0.2, 0) is 13.2 Å². The van der Waals surface area contributed by atoms with E-state index >= 15 is 0 Å². The summed E-state index contributed by atoms with van der Waals surface area (Å²) in [6.45, 7) is 4.56. The molecule has 1 N–H and O–H groups in total. The van der Waals surface area contributed by atoms with Crippen molar-refractivity contribution in [1.82, 2.24) is 9.78 Å². The quantitative estimate of drug-likeness (QED) is 0.276. The van der Waals surface area contributed by atoms with Gasteiger partial charge in [0.15, 0.2) is 5.76 Å². The fourth-order valence-electron chi connectivity index (χ4n) is 4.00. The number of amides is 1. The summed E-state index contributed by atoms with van der Waals surface area (Å²) in [4.78, 5) is 12.9. The third-order valence-corrected chi connectivity index (χ3v) is 6.06. The second-order valence-corrected chi connectivity index (χ2v) is 8.79. The van der Waals surface area contributed by atoms with E-state index in [1.54, 1.807) is 12.1 Å². The molecule has 0 unspecified atom stereocenters. The number of hydrogen-bond acceptors (Lipinski definition) is 4. The van der Waals surface area contributed by atoms with Gasteiger partial charge in [-0.2, -0.15) is 5.10 Å². The summed E-state index contributed by atoms with van der Waals surface area (Å²) in [6.07, 6.45) is 0. The van der Waals surface area contributed by atoms with Crippen molar-refractivity contribution in [3.05, 3.63) is 112 Å². The summed E-state index contributed by atoms with van der Waals surface area (Å²) in [6, 6.07) is 25.1. The molecule has 3 aromatic carbocycles. The predicted octanol–water partition coefficient (Wildman–Crippen LogP) is 6.78. The molecule has 7 heteroatoms. The molecular formula is C28H24ClN3O3. The van der Waals surface area contributed by atoms with Gasteiger partial charge in [0.05, 0.1) is 23.6 Å². The van der Waals surface area contributed by atoms with Crippen LogP contribution < -0.4 is 10.1 Å². The number of carbonyl (C=O) groups is 1. The highest BCUT2D eigenvalue weighted by Crippen LogP contribution is 2.24. The average Bonchev–Trinajstić information content (AvgIpc) is 3.43. The highest BCUT2D eigenvalue weighted by Gasteiger charge is 2.18. The van der Waals surface area contributed by atoms with Crippen LogP contribution in [0.4, 0.5) is 5.69 Å². The third-order valence-electron chi connectivity index (χ3n) is 5.83. The van der Waals surface area contributed by atoms with Gasteiger partial charge in [-0.1, -0.05) is 54.1 Å². The van der Waals surface area contributed by atoms with E-state index in [1.807, 2.05) is 79.2 Å². The molecule has 5 aromatic rings. The molecule has 0 aliphatic heterocycles. The Morgan fingerprint density at radius 3 is 2.66 bits per heavy atom. The molecule has 2 aromatic heterocycles. The number of nitrogens with one attached hydrogen (secondary N) is 1. The van der Waals surface area contributed by atoms with Gasteiger partial charge in [-0.3, -0.25) is 9.48 Å². The standard InChI is InChI=1S/C28H24ClN3O3/c1-18-27(19(2)32(31-18)16-20-6-5-9-23(29)14-20)30-28(33)26-13-12-25(35-26)17-34-24-11-10-21-7-3-4-8-22(21)15-24/h3-15H,16-17H2,1-2H3,(H,30,33). The maximum absolute atomic E-state index is 12.9. The molecule has 1 amide bonds. The summed E-state index contributed by atoms with van der Waals surface area (Å²) in [5.74, 6) is 1.18. The van der Waals surface area contributed by atoms with E-state index in [4.69, 9.17) is 20.8 Å². The van der Waals surface area contributed by atoms with Crippen molar-refractivity contribution < 1.29 is 13.9 Å². The van der Waals surface area contributed by atoms with Gasteiger partial charge in [0.25, 0.3) is 5.91 Å². The van der Waals surface area contributed by atoms with Crippen molar-refractivity contribution in [2.75, 3.05) is 5.32 Å². The van der Waals surface area contributed by atoms with E-state index in [0.29, 0.717) is 23.0 Å². The van der Waals surface area contributed by atoms with Gasteiger partial charge in [-0.15, -0.1) is 0 Å². The number of ether oxygens (including phenoxy) is 1. The van der Waals surface area contributed by atoms with Crippen molar-refractivity contribution in [1.29, 1.82) is 0 Å². The minimum atomic E-state index is -0.338. The van der Waals surface area contributed by atoms with E-state index in [-0.39, 0.29) is 18.3 Å². The van der Waals surface area contributed by atoms with Gasteiger partial charge in [0.1, 0.15) is 18.1 Å². The number of carbonyl (C=O) groups excluding carboxylic acids is 1. The monoisotopic (exact) mass is 485 g/mol. The molecular weight excluding hydrogens is 462 g/mol. The lowest BCUT2D eigenvalue weighted by Gasteiger charge is -2.07. The van der Waals surface area contributed by atoms with Gasteiger partial charge in [-0.25, -0.2) is 0 Å². The molecule has 0 atom stereocenters. The number of benzene rings is 3. The van der Waals surface area contributed by atoms with Crippen molar-refractivity contribution in [3.63, 3.8) is 0 Å². The lowest BCUT2D eigenvalue weighted by atomic mass is 10.1. The Morgan fingerprint density at radius 1 is 1.00 bits per heavy atom. The third kappa shape index (κ3) is 5.08. The molecule has 6 nitrogen and oxygen atoms in total. The summed E-state index contributed by atoms with van der Waals surface area (Å²) < 4.78 is 13.5. The first-order valence-electron chi connectivity index (χ1n) is 11.3. The Labute approximate surface area is 208 Å². The fourth-order valence-corrected chi connectivity index (χ4v) is 4.22. The second kappa shape index (κ2) is 9.68. The molecule has 2 heterocycles. The highest BCUT2D eigenvalue weighted by molar-refractivity contribution is 6.30. The lowest BCUT2D eigenvalue weighted by Crippen LogP contribution is -2.12. The molecule has 0 saturated carbocycles. The minimum Gasteiger partial charge on any atom is -0.486 e. The zero-order valence-corrected chi connectivity index (χ0v) is 20.2. The van der Waals surface area contributed by atoms with E-state index in [2.05, 4.69) is 16.5 Å². The number of halogens is 1. The maximum atomic E-state index is 12.9. The number of anilines is 1. The van der Waals surface area contributed by atoms with Crippen LogP contribution in [0.1, 0.15) is 33.3 Å². The van der Waals surface area contributed by atoms with E-state index < -0.39 is 0 Å². The van der Waals surface area contributed by atoms with Crippen LogP contribution in [0.15, 0.2) is 83.3 Å². The number of fused-ring (bicyclic) bond motifs is 1. The molecule has 0 saturated heterocycles. The molecule has 5 rings (SSSR count). The summed E-state index contributed by atoms with van der Waals surface area (Å²) >= 11 is 6.10. The molecule has 0 fully saturated rings. The summed E-state index contributed by atoms with van der Waals surface area (Å²) in [5.41, 5.74) is 3.27. The molecule has 176 valence electrons. The van der Waals surface area contributed by atoms with Crippen molar-refractivity contribution in [2.45, 2.75) is 27.0 Å². The number of rotatable bonds is 7. The average molecular weight is 486 g/mol. The van der Waals surface area contributed by atoms with Crippen LogP contribution >= 0.6 is 11.6 Å². The van der Waals surface area contributed by atoms with Gasteiger partial charge < -0.3 is 14.5 Å². The number of hydrogen-bond donors (Lipinski definition) is 1. The lowest BCUT2D eigenvalue weighted by molar-refractivity contribution is 0.0992. The second-order valence-electron chi connectivity index (χ2n) is 8.35. The topological polar surface area (TPSA) is 69.3 Å². The first-order valence-corrected chi connectivity index (χ1v) is 11.6. The zero-order chi connectivity index (χ0) is 24.4. The van der Waals surface area contributed by atoms with Crippen molar-refractivity contribution in [2.24, 2.45) is 0 Å². The van der Waals surface area contributed by atoms with Crippen LogP contribution in [0, 0.1) is 13.8 Å². The van der Waals surface area contributed by atoms with Crippen LogP contribution in [0.25, 0.3) is 10.8 Å². The first-order chi connectivity index (χ1) is 17.0. The number of furan rings is 1. The van der Waals surface area contributed by atoms with Crippen molar-refractivity contribution >= 4 is 34.0 Å². The Morgan fingerprint density at radius 2 is 1.83 bits per heavy atom. The van der Waals surface area contributed by atoms with E-state index in [0.717, 1.165) is 33.5 Å². The molecule has 0 aliphatic carbocycles. The molecule has 35 heavy (non-hydrogen) atoms. The Hall–Kier alpha value is -4.03. The highest BCUT2D eigenvalue weighted by atomic mass is 35.5. The number of aromatic nitrogens is 2. The summed E-state index contributed by atoms with van der Waals surface area (Å²) in [5, 5.41) is 10.4. The van der Waals surface area contributed by atoms with E-state index in [1.165, 1.54) is 0 Å². The SMILES string of the molecule is Cc1nn(Cc2cccc(Cl)c2)c(C)c1NC(=O)c1ccc(COc2ccc3ccccc3c2)o1. The van der Waals surface area contributed by atoms with Gasteiger partial charge in [0, 0.05) is 5.02 Å². The van der Waals surface area contributed by atoms with Gasteiger partial charge >= 0.3 is 0 Å². The van der Waals surface area contributed by atoms with Gasteiger partial charge in [0.2, 0.25) is 0 Å². The smallest absolute Gasteiger partial charge is 0.291 e. The number of nitrogens with zero attached hydrogens (tertiary/aromatic N) is 2.